The summed E-state index contributed by atoms with van der Waals surface area (Å²) in [4.78, 5) is 0. The normalized spacial score (nSPS) is 17.2. The van der Waals surface area contributed by atoms with Gasteiger partial charge in [-0.2, -0.15) is 0 Å². The fourth-order valence-electron chi connectivity index (χ4n) is 2.62. The number of hydrogen-bond donors (Lipinski definition) is 0. The standard InChI is InChI=1S/C15H18N2/c1-3-7-14(8-4-1)16-11-12-17(13-16)15-9-5-2-6-10-15/h1,3-4,7-8,11-12,15H,2,5-6,9-10H2. The van der Waals surface area contributed by atoms with Crippen molar-refractivity contribution >= 4 is 0 Å². The highest BCUT2D eigenvalue weighted by atomic mass is 15.1. The molecule has 17 heavy (non-hydrogen) atoms. The summed E-state index contributed by atoms with van der Waals surface area (Å²) in [5.74, 6) is 0. The lowest BCUT2D eigenvalue weighted by molar-refractivity contribution is -0.728. The van der Waals surface area contributed by atoms with Gasteiger partial charge in [-0.25, -0.2) is 0 Å². The van der Waals surface area contributed by atoms with E-state index in [1.807, 2.05) is 6.07 Å². The second-order valence-electron chi connectivity index (χ2n) is 4.80. The quantitative estimate of drug-likeness (QED) is 0.549. The second-order valence-corrected chi connectivity index (χ2v) is 4.80. The molecular weight excluding hydrogens is 208 g/mol. The van der Waals surface area contributed by atoms with E-state index in [0.717, 1.165) is 0 Å². The van der Waals surface area contributed by atoms with Gasteiger partial charge >= 0.3 is 0 Å². The Kier molecular flexibility index (Phi) is 2.95. The van der Waals surface area contributed by atoms with Gasteiger partial charge in [0, 0.05) is 12.4 Å². The number of hydrogen-bond acceptors (Lipinski definition) is 0. The van der Waals surface area contributed by atoms with E-state index in [9.17, 15) is 0 Å². The third-order valence-corrected chi connectivity index (χ3v) is 3.60. The molecule has 0 amide bonds. The Morgan fingerprint density at radius 1 is 1.06 bits per heavy atom. The van der Waals surface area contributed by atoms with Crippen LogP contribution in [0, 0.1) is 6.33 Å². The molecule has 1 heterocycles. The van der Waals surface area contributed by atoms with Gasteiger partial charge in [-0.3, -0.25) is 0 Å². The summed E-state index contributed by atoms with van der Waals surface area (Å²) in [5, 5.41) is 0. The number of imidazole rings is 1. The Morgan fingerprint density at radius 3 is 2.59 bits per heavy atom. The molecule has 0 radical (unpaired) electrons. The molecule has 1 saturated carbocycles. The Morgan fingerprint density at radius 2 is 1.82 bits per heavy atom. The van der Waals surface area contributed by atoms with Crippen LogP contribution in [-0.2, 0) is 0 Å². The van der Waals surface area contributed by atoms with Crippen LogP contribution in [0.4, 0.5) is 0 Å². The highest BCUT2D eigenvalue weighted by molar-refractivity contribution is 5.29. The van der Waals surface area contributed by atoms with Gasteiger partial charge in [0.1, 0.15) is 0 Å². The monoisotopic (exact) mass is 226 g/mol. The average Bonchev–Trinajstić information content (AvgIpc) is 2.90. The van der Waals surface area contributed by atoms with Gasteiger partial charge in [0.05, 0.1) is 11.7 Å². The van der Waals surface area contributed by atoms with Crippen molar-refractivity contribution in [3.8, 4) is 5.69 Å². The first-order valence-electron chi connectivity index (χ1n) is 6.51. The predicted octanol–water partition coefficient (Wildman–Crippen LogP) is 3.07. The molecule has 0 bridgehead atoms. The highest BCUT2D eigenvalue weighted by Gasteiger charge is 2.17. The molecule has 1 aromatic heterocycles. The largest absolute Gasteiger partial charge is 0.326 e. The van der Waals surface area contributed by atoms with E-state index < -0.39 is 0 Å². The third-order valence-electron chi connectivity index (χ3n) is 3.60. The summed E-state index contributed by atoms with van der Waals surface area (Å²) in [5.41, 5.74) is 1.18. The lowest BCUT2D eigenvalue weighted by Crippen LogP contribution is -2.39. The molecule has 2 aromatic rings. The topological polar surface area (TPSA) is 8.81 Å². The van der Waals surface area contributed by atoms with Gasteiger partial charge in [-0.15, -0.1) is 0 Å². The molecule has 88 valence electrons. The Balaban J connectivity index is 1.83. The predicted molar refractivity (Wildman–Crippen MR) is 66.9 cm³/mol. The van der Waals surface area contributed by atoms with Crippen LogP contribution in [0.15, 0.2) is 42.7 Å². The molecule has 0 saturated heterocycles. The van der Waals surface area contributed by atoms with Crippen LogP contribution in [0.1, 0.15) is 38.1 Å². The van der Waals surface area contributed by atoms with Crippen molar-refractivity contribution in [1.29, 1.82) is 0 Å². The van der Waals surface area contributed by atoms with Gasteiger partial charge in [0.2, 0.25) is 6.33 Å². The van der Waals surface area contributed by atoms with Crippen LogP contribution in [0.25, 0.3) is 5.69 Å². The van der Waals surface area contributed by atoms with Crippen LogP contribution in [-0.4, -0.2) is 4.57 Å². The second kappa shape index (κ2) is 4.74. The molecule has 0 N–H and O–H groups in total. The molecular formula is C15H18N2. The SMILES string of the molecule is [c-]1n(-c2ccccc2)cc[n+]1C1CCCCC1. The van der Waals surface area contributed by atoms with E-state index in [-0.39, 0.29) is 0 Å². The zero-order valence-electron chi connectivity index (χ0n) is 10.0. The molecule has 0 unspecified atom stereocenters. The third kappa shape index (κ3) is 2.26. The van der Waals surface area contributed by atoms with E-state index in [0.29, 0.717) is 6.04 Å². The number of para-hydroxylation sites is 1. The molecule has 1 fully saturated rings. The maximum atomic E-state index is 3.43. The van der Waals surface area contributed by atoms with Crippen LogP contribution >= 0.6 is 0 Å². The first-order chi connectivity index (χ1) is 8.43. The maximum Gasteiger partial charge on any atom is 0.243 e. The maximum absolute atomic E-state index is 3.43. The van der Waals surface area contributed by atoms with Crippen molar-refractivity contribution in [2.75, 3.05) is 0 Å². The first-order valence-corrected chi connectivity index (χ1v) is 6.51. The lowest BCUT2D eigenvalue weighted by Gasteiger charge is -2.20. The summed E-state index contributed by atoms with van der Waals surface area (Å²) in [6, 6.07) is 11.1. The van der Waals surface area contributed by atoms with Crippen molar-refractivity contribution in [1.82, 2.24) is 4.57 Å². The van der Waals surface area contributed by atoms with Gasteiger partial charge < -0.3 is 9.13 Å². The molecule has 0 atom stereocenters. The van der Waals surface area contributed by atoms with Crippen molar-refractivity contribution in [3.63, 3.8) is 0 Å². The average molecular weight is 226 g/mol. The molecule has 3 rings (SSSR count). The van der Waals surface area contributed by atoms with E-state index in [4.69, 9.17) is 0 Å². The Labute approximate surface area is 103 Å². The van der Waals surface area contributed by atoms with E-state index >= 15 is 0 Å². The smallest absolute Gasteiger partial charge is 0.243 e. The van der Waals surface area contributed by atoms with Crippen LogP contribution < -0.4 is 4.57 Å². The molecule has 1 aliphatic rings. The van der Waals surface area contributed by atoms with Crippen LogP contribution in [0.5, 0.6) is 0 Å². The lowest BCUT2D eigenvalue weighted by atomic mass is 9.95. The van der Waals surface area contributed by atoms with E-state index in [1.54, 1.807) is 0 Å². The van der Waals surface area contributed by atoms with E-state index in [1.165, 1.54) is 37.8 Å². The highest BCUT2D eigenvalue weighted by Crippen LogP contribution is 2.23. The molecule has 0 spiro atoms. The summed E-state index contributed by atoms with van der Waals surface area (Å²) in [6.45, 7) is 0. The van der Waals surface area contributed by atoms with Gasteiger partial charge in [0.25, 0.3) is 0 Å². The zero-order valence-corrected chi connectivity index (χ0v) is 10.0. The molecule has 2 nitrogen and oxygen atoms in total. The minimum atomic E-state index is 0.661. The fraction of sp³-hybridized carbons (Fsp3) is 0.400. The molecule has 0 aliphatic heterocycles. The summed E-state index contributed by atoms with van der Waals surface area (Å²) >= 11 is 0. The Hall–Kier alpha value is -1.57. The van der Waals surface area contributed by atoms with Crippen LogP contribution in [0.2, 0.25) is 0 Å². The number of benzene rings is 1. The minimum absolute atomic E-state index is 0.661. The Bertz CT molecular complexity index is 467. The summed E-state index contributed by atoms with van der Waals surface area (Å²) in [7, 11) is 0. The number of rotatable bonds is 2. The minimum Gasteiger partial charge on any atom is -0.326 e. The first kappa shape index (κ1) is 10.6. The van der Waals surface area contributed by atoms with Crippen molar-refractivity contribution in [2.24, 2.45) is 0 Å². The van der Waals surface area contributed by atoms with Gasteiger partial charge in [0.15, 0.2) is 0 Å². The molecule has 1 aromatic carbocycles. The zero-order chi connectivity index (χ0) is 11.5. The fourth-order valence-corrected chi connectivity index (χ4v) is 2.62. The summed E-state index contributed by atoms with van der Waals surface area (Å²) in [6.07, 6.45) is 14.4. The number of nitrogens with zero attached hydrogens (tertiary/aromatic N) is 2. The van der Waals surface area contributed by atoms with Gasteiger partial charge in [-0.1, -0.05) is 36.8 Å². The van der Waals surface area contributed by atoms with Gasteiger partial charge in [-0.05, 0) is 25.7 Å². The van der Waals surface area contributed by atoms with Crippen molar-refractivity contribution in [2.45, 2.75) is 38.1 Å². The number of aromatic nitrogens is 2. The van der Waals surface area contributed by atoms with Crippen molar-refractivity contribution in [3.05, 3.63) is 49.1 Å². The van der Waals surface area contributed by atoms with E-state index in [2.05, 4.69) is 52.1 Å². The van der Waals surface area contributed by atoms with Crippen LogP contribution in [0.3, 0.4) is 0 Å². The molecule has 1 aliphatic carbocycles. The summed E-state index contributed by atoms with van der Waals surface area (Å²) < 4.78 is 4.33. The molecule has 2 heteroatoms. The van der Waals surface area contributed by atoms with Crippen molar-refractivity contribution < 1.29 is 4.57 Å².